The van der Waals surface area contributed by atoms with E-state index in [0.29, 0.717) is 19.4 Å². The number of unbranched alkanes of at least 4 members (excludes halogenated alkanes) is 3. The van der Waals surface area contributed by atoms with Crippen LogP contribution in [0.4, 0.5) is 11.4 Å². The van der Waals surface area contributed by atoms with E-state index in [0.717, 1.165) is 42.6 Å². The second kappa shape index (κ2) is 12.9. The van der Waals surface area contributed by atoms with Crippen LogP contribution in [0.5, 0.6) is 0 Å². The number of amides is 2. The van der Waals surface area contributed by atoms with Gasteiger partial charge in [0, 0.05) is 24.8 Å². The average Bonchev–Trinajstić information content (AvgIpc) is 2.69. The van der Waals surface area contributed by atoms with Gasteiger partial charge in [-0.05, 0) is 49.2 Å². The molecule has 0 aliphatic rings. The van der Waals surface area contributed by atoms with E-state index in [-0.39, 0.29) is 24.2 Å². The Kier molecular flexibility index (Phi) is 10.9. The quantitative estimate of drug-likeness (QED) is 0.585. The summed E-state index contributed by atoms with van der Waals surface area (Å²) in [5, 5.41) is 2.90. The Labute approximate surface area is 173 Å². The predicted molar refractivity (Wildman–Crippen MR) is 118 cm³/mol. The van der Waals surface area contributed by atoms with Gasteiger partial charge in [0.1, 0.15) is 0 Å². The fourth-order valence-electron chi connectivity index (χ4n) is 2.80. The molecule has 0 saturated carbocycles. The Hall–Kier alpha value is -2.37. The van der Waals surface area contributed by atoms with E-state index in [1.54, 1.807) is 11.9 Å². The number of anilines is 2. The molecule has 0 radical (unpaired) electrons. The number of carbonyl (C=O) groups is 2. The van der Waals surface area contributed by atoms with Gasteiger partial charge in [-0.2, -0.15) is 0 Å². The Morgan fingerprint density at radius 1 is 0.929 bits per heavy atom. The summed E-state index contributed by atoms with van der Waals surface area (Å²) in [5.41, 5.74) is 8.01. The van der Waals surface area contributed by atoms with E-state index in [4.69, 9.17) is 5.73 Å². The molecule has 6 heteroatoms. The molecule has 0 saturated heterocycles. The fraction of sp³-hybridized carbons (Fsp3) is 0.364. The first-order valence-corrected chi connectivity index (χ1v) is 9.50. The number of likely N-dealkylation sites (N-methyl/N-ethyl adjacent to an activating group) is 1. The van der Waals surface area contributed by atoms with Gasteiger partial charge in [0.2, 0.25) is 11.8 Å². The molecule has 0 aromatic heterocycles. The minimum Gasteiger partial charge on any atom is -0.330 e. The van der Waals surface area contributed by atoms with Crippen LogP contribution in [0.25, 0.3) is 0 Å². The van der Waals surface area contributed by atoms with Crippen LogP contribution in [0.3, 0.4) is 0 Å². The zero-order chi connectivity index (χ0) is 19.5. The maximum absolute atomic E-state index is 12.4. The number of para-hydroxylation sites is 1. The van der Waals surface area contributed by atoms with E-state index in [1.807, 2.05) is 54.6 Å². The van der Waals surface area contributed by atoms with Gasteiger partial charge in [-0.15, -0.1) is 12.4 Å². The van der Waals surface area contributed by atoms with Crippen molar-refractivity contribution in [3.8, 4) is 0 Å². The molecule has 0 bridgehead atoms. The van der Waals surface area contributed by atoms with E-state index in [1.165, 1.54) is 0 Å². The lowest BCUT2D eigenvalue weighted by Gasteiger charge is -2.17. The Morgan fingerprint density at radius 3 is 2.21 bits per heavy atom. The second-order valence-electron chi connectivity index (χ2n) is 6.66. The maximum atomic E-state index is 12.4. The molecule has 2 aromatic rings. The molecule has 2 aromatic carbocycles. The molecular weight excluding hydrogens is 374 g/mol. The van der Waals surface area contributed by atoms with Crippen molar-refractivity contribution in [3.63, 3.8) is 0 Å². The van der Waals surface area contributed by atoms with Crippen LogP contribution < -0.4 is 16.0 Å². The van der Waals surface area contributed by atoms with Gasteiger partial charge < -0.3 is 16.0 Å². The number of carbonyl (C=O) groups excluding carboxylic acids is 2. The monoisotopic (exact) mass is 403 g/mol. The zero-order valence-corrected chi connectivity index (χ0v) is 17.2. The van der Waals surface area contributed by atoms with Crippen LogP contribution in [0.15, 0.2) is 54.6 Å². The van der Waals surface area contributed by atoms with Crippen molar-refractivity contribution >= 4 is 35.6 Å². The van der Waals surface area contributed by atoms with E-state index in [9.17, 15) is 9.59 Å². The SMILES string of the molecule is CN(C(=O)Cc1ccc(NC(=O)CCCCCCN)cc1)c1ccccc1.Cl. The van der Waals surface area contributed by atoms with Crippen molar-refractivity contribution in [1.82, 2.24) is 0 Å². The van der Waals surface area contributed by atoms with Crippen molar-refractivity contribution in [2.45, 2.75) is 38.5 Å². The van der Waals surface area contributed by atoms with Crippen LogP contribution in [0.1, 0.15) is 37.7 Å². The third kappa shape index (κ3) is 8.11. The highest BCUT2D eigenvalue weighted by molar-refractivity contribution is 5.94. The highest BCUT2D eigenvalue weighted by atomic mass is 35.5. The average molecular weight is 404 g/mol. The summed E-state index contributed by atoms with van der Waals surface area (Å²) in [4.78, 5) is 26.0. The first-order chi connectivity index (χ1) is 13.1. The summed E-state index contributed by atoms with van der Waals surface area (Å²) >= 11 is 0. The second-order valence-corrected chi connectivity index (χ2v) is 6.66. The van der Waals surface area contributed by atoms with Gasteiger partial charge in [0.05, 0.1) is 6.42 Å². The lowest BCUT2D eigenvalue weighted by Crippen LogP contribution is -2.27. The fourth-order valence-corrected chi connectivity index (χ4v) is 2.80. The molecule has 0 spiro atoms. The van der Waals surface area contributed by atoms with Crippen molar-refractivity contribution in [3.05, 3.63) is 60.2 Å². The zero-order valence-electron chi connectivity index (χ0n) is 16.4. The molecule has 2 amide bonds. The van der Waals surface area contributed by atoms with Crippen LogP contribution >= 0.6 is 12.4 Å². The van der Waals surface area contributed by atoms with Gasteiger partial charge in [-0.25, -0.2) is 0 Å². The molecule has 28 heavy (non-hydrogen) atoms. The largest absolute Gasteiger partial charge is 0.330 e. The van der Waals surface area contributed by atoms with Crippen LogP contribution in [-0.4, -0.2) is 25.4 Å². The highest BCUT2D eigenvalue weighted by Gasteiger charge is 2.11. The summed E-state index contributed by atoms with van der Waals surface area (Å²) in [6, 6.07) is 17.0. The maximum Gasteiger partial charge on any atom is 0.231 e. The van der Waals surface area contributed by atoms with Gasteiger partial charge in [0.25, 0.3) is 0 Å². The smallest absolute Gasteiger partial charge is 0.231 e. The third-order valence-electron chi connectivity index (χ3n) is 4.47. The van der Waals surface area contributed by atoms with Crippen molar-refractivity contribution < 1.29 is 9.59 Å². The van der Waals surface area contributed by atoms with Crippen molar-refractivity contribution in [2.24, 2.45) is 5.73 Å². The molecule has 152 valence electrons. The minimum atomic E-state index is 0. The van der Waals surface area contributed by atoms with E-state index in [2.05, 4.69) is 5.32 Å². The number of benzene rings is 2. The number of nitrogens with zero attached hydrogens (tertiary/aromatic N) is 1. The molecule has 0 heterocycles. The number of nitrogens with one attached hydrogen (secondary N) is 1. The highest BCUT2D eigenvalue weighted by Crippen LogP contribution is 2.15. The normalized spacial score (nSPS) is 10.1. The third-order valence-corrected chi connectivity index (χ3v) is 4.47. The van der Waals surface area contributed by atoms with E-state index >= 15 is 0 Å². The van der Waals surface area contributed by atoms with Crippen LogP contribution in [0.2, 0.25) is 0 Å². The summed E-state index contributed by atoms with van der Waals surface area (Å²) < 4.78 is 0. The molecule has 2 rings (SSSR count). The Morgan fingerprint density at radius 2 is 1.57 bits per heavy atom. The summed E-state index contributed by atoms with van der Waals surface area (Å²) in [6.07, 6.45) is 4.84. The topological polar surface area (TPSA) is 75.4 Å². The molecule has 0 aliphatic heterocycles. The number of nitrogens with two attached hydrogens (primary N) is 1. The molecular formula is C22H30ClN3O2. The van der Waals surface area contributed by atoms with Gasteiger partial charge in [-0.3, -0.25) is 9.59 Å². The lowest BCUT2D eigenvalue weighted by atomic mass is 10.1. The summed E-state index contributed by atoms with van der Waals surface area (Å²) in [7, 11) is 1.78. The Balaban J connectivity index is 0.00000392. The Bertz CT molecular complexity index is 720. The number of rotatable bonds is 10. The van der Waals surface area contributed by atoms with Gasteiger partial charge in [0.15, 0.2) is 0 Å². The summed E-state index contributed by atoms with van der Waals surface area (Å²) in [6.45, 7) is 0.711. The number of hydrogen-bond acceptors (Lipinski definition) is 3. The molecule has 0 atom stereocenters. The van der Waals surface area contributed by atoms with Crippen LogP contribution in [-0.2, 0) is 16.0 Å². The standard InChI is InChI=1S/C22H29N3O2.ClH/c1-25(20-9-5-4-6-10-20)22(27)17-18-12-14-19(15-13-18)24-21(26)11-7-2-3-8-16-23;/h4-6,9-10,12-15H,2-3,7-8,11,16-17,23H2,1H3,(H,24,26);1H. The van der Waals surface area contributed by atoms with Crippen molar-refractivity contribution in [1.29, 1.82) is 0 Å². The molecule has 0 fully saturated rings. The van der Waals surface area contributed by atoms with Gasteiger partial charge in [-0.1, -0.05) is 43.2 Å². The minimum absolute atomic E-state index is 0. The lowest BCUT2D eigenvalue weighted by molar-refractivity contribution is -0.118. The first-order valence-electron chi connectivity index (χ1n) is 9.50. The molecule has 0 aliphatic carbocycles. The summed E-state index contributed by atoms with van der Waals surface area (Å²) in [5.74, 6) is 0.0471. The number of hydrogen-bond donors (Lipinski definition) is 2. The molecule has 5 nitrogen and oxygen atoms in total. The molecule has 0 unspecified atom stereocenters. The predicted octanol–water partition coefficient (Wildman–Crippen LogP) is 4.16. The first kappa shape index (κ1) is 23.7. The molecule has 3 N–H and O–H groups in total. The van der Waals surface area contributed by atoms with Crippen LogP contribution in [0, 0.1) is 0 Å². The van der Waals surface area contributed by atoms with Gasteiger partial charge >= 0.3 is 0 Å². The van der Waals surface area contributed by atoms with Crippen molar-refractivity contribution in [2.75, 3.05) is 23.8 Å². The number of halogens is 1. The van der Waals surface area contributed by atoms with E-state index < -0.39 is 0 Å².